The second-order valence-electron chi connectivity index (χ2n) is 14.8. The van der Waals surface area contributed by atoms with Gasteiger partial charge in [-0.1, -0.05) is 190 Å². The van der Waals surface area contributed by atoms with Gasteiger partial charge in [0, 0.05) is 40.2 Å². The van der Waals surface area contributed by atoms with E-state index in [2.05, 4.69) is 36.4 Å². The third-order valence-corrected chi connectivity index (χ3v) is 12.2. The van der Waals surface area contributed by atoms with Crippen molar-refractivity contribution in [2.75, 3.05) is 0 Å². The molecule has 0 spiro atoms. The molecule has 0 aromatic heterocycles. The van der Waals surface area contributed by atoms with Crippen LogP contribution in [0.2, 0.25) is 40.2 Å². The summed E-state index contributed by atoms with van der Waals surface area (Å²) >= 11 is 55.2. The van der Waals surface area contributed by atoms with Crippen molar-refractivity contribution in [1.29, 1.82) is 0 Å². The quantitative estimate of drug-likeness (QED) is 0.0895. The Morgan fingerprint density at radius 2 is 0.453 bits per heavy atom. The molecule has 0 fully saturated rings. The molecule has 0 atom stereocenters. The Morgan fingerprint density at radius 3 is 0.719 bits per heavy atom. The standard InChI is InChI=1S/C56H34Cl8/c57-43-17-1-9-35(25-43)27-51(37-11-3-19-45(59)29-37)53(39-13-5-21-47(61)31-39)55(41-15-7-23-49(63)33-41)56(42-16-8-24-50(64)34-42)54(40-14-6-22-48(62)32-40)52(38-12-4-20-46(60)30-38)28-36-10-2-18-44(58)26-36/h1-34H/b51-27+,52-28+,55-53+,56-54+. The van der Waals surface area contributed by atoms with E-state index in [1.165, 1.54) is 0 Å². The molecule has 0 radical (unpaired) electrons. The van der Waals surface area contributed by atoms with Crippen LogP contribution < -0.4 is 0 Å². The van der Waals surface area contributed by atoms with Crippen LogP contribution >= 0.6 is 92.8 Å². The fourth-order valence-electron chi connectivity index (χ4n) is 7.71. The second kappa shape index (κ2) is 20.9. The molecule has 0 saturated carbocycles. The fraction of sp³-hybridized carbons (Fsp3) is 0. The Kier molecular flexibility index (Phi) is 14.9. The summed E-state index contributed by atoms with van der Waals surface area (Å²) < 4.78 is 0. The van der Waals surface area contributed by atoms with E-state index in [-0.39, 0.29) is 0 Å². The molecule has 8 rings (SSSR count). The van der Waals surface area contributed by atoms with Gasteiger partial charge in [-0.3, -0.25) is 0 Å². The molecule has 8 aromatic rings. The van der Waals surface area contributed by atoms with Crippen LogP contribution in [0.3, 0.4) is 0 Å². The van der Waals surface area contributed by atoms with E-state index < -0.39 is 0 Å². The van der Waals surface area contributed by atoms with Crippen molar-refractivity contribution in [1.82, 2.24) is 0 Å². The van der Waals surface area contributed by atoms with Gasteiger partial charge in [0.1, 0.15) is 0 Å². The highest BCUT2D eigenvalue weighted by atomic mass is 35.5. The molecular formula is C56H34Cl8. The molecule has 0 unspecified atom stereocenters. The van der Waals surface area contributed by atoms with Gasteiger partial charge >= 0.3 is 0 Å². The lowest BCUT2D eigenvalue weighted by Crippen LogP contribution is -2.04. The van der Waals surface area contributed by atoms with Crippen molar-refractivity contribution in [3.63, 3.8) is 0 Å². The normalized spacial score (nSPS) is 12.8. The van der Waals surface area contributed by atoms with Gasteiger partial charge < -0.3 is 0 Å². The lowest BCUT2D eigenvalue weighted by molar-refractivity contribution is 1.54. The molecule has 64 heavy (non-hydrogen) atoms. The first kappa shape index (κ1) is 45.6. The summed E-state index contributed by atoms with van der Waals surface area (Å²) in [5.41, 5.74) is 11.4. The molecule has 0 N–H and O–H groups in total. The van der Waals surface area contributed by atoms with E-state index in [1.54, 1.807) is 0 Å². The number of benzene rings is 8. The topological polar surface area (TPSA) is 0 Å². The predicted molar refractivity (Wildman–Crippen MR) is 281 cm³/mol. The van der Waals surface area contributed by atoms with Gasteiger partial charge in [-0.15, -0.1) is 0 Å². The summed E-state index contributed by atoms with van der Waals surface area (Å²) in [6, 6.07) is 62.3. The third-order valence-electron chi connectivity index (χ3n) is 10.3. The van der Waals surface area contributed by atoms with E-state index >= 15 is 0 Å². The Hall–Kier alpha value is -4.96. The largest absolute Gasteiger partial charge is 0.0843 e. The smallest absolute Gasteiger partial charge is 0.0412 e. The van der Waals surface area contributed by atoms with Crippen LogP contribution in [0.4, 0.5) is 0 Å². The van der Waals surface area contributed by atoms with E-state index in [9.17, 15) is 0 Å². The summed E-state index contributed by atoms with van der Waals surface area (Å²) in [5.74, 6) is 0. The van der Waals surface area contributed by atoms with Gasteiger partial charge in [-0.05, 0) is 187 Å². The second-order valence-corrected chi connectivity index (χ2v) is 18.3. The first-order valence-corrected chi connectivity index (χ1v) is 23.0. The van der Waals surface area contributed by atoms with Crippen LogP contribution in [0.5, 0.6) is 0 Å². The number of hydrogen-bond acceptors (Lipinski definition) is 0. The summed E-state index contributed by atoms with van der Waals surface area (Å²) in [5, 5.41) is 4.43. The van der Waals surface area contributed by atoms with Gasteiger partial charge in [0.15, 0.2) is 0 Å². The van der Waals surface area contributed by atoms with Gasteiger partial charge in [0.2, 0.25) is 0 Å². The maximum Gasteiger partial charge on any atom is 0.0412 e. The number of rotatable bonds is 11. The Morgan fingerprint density at radius 1 is 0.234 bits per heavy atom. The summed E-state index contributed by atoms with van der Waals surface area (Å²) in [7, 11) is 0. The zero-order valence-electron chi connectivity index (χ0n) is 33.7. The lowest BCUT2D eigenvalue weighted by Gasteiger charge is -2.27. The van der Waals surface area contributed by atoms with Crippen LogP contribution in [0.15, 0.2) is 194 Å². The van der Waals surface area contributed by atoms with Gasteiger partial charge in [-0.2, -0.15) is 0 Å². The average Bonchev–Trinajstić information content (AvgIpc) is 3.26. The maximum absolute atomic E-state index is 7.04. The van der Waals surface area contributed by atoms with Crippen LogP contribution in [0.25, 0.3) is 45.6 Å². The Balaban J connectivity index is 1.71. The predicted octanol–water partition coefficient (Wildman–Crippen LogP) is 19.9. The molecule has 0 bridgehead atoms. The molecule has 0 nitrogen and oxygen atoms in total. The molecule has 0 amide bonds. The first-order valence-electron chi connectivity index (χ1n) is 20.0. The highest BCUT2D eigenvalue weighted by Crippen LogP contribution is 2.51. The molecule has 8 heteroatoms. The zero-order valence-corrected chi connectivity index (χ0v) is 39.7. The van der Waals surface area contributed by atoms with Crippen LogP contribution in [0, 0.1) is 0 Å². The van der Waals surface area contributed by atoms with E-state index in [0.29, 0.717) is 40.2 Å². The van der Waals surface area contributed by atoms with Crippen molar-refractivity contribution >= 4 is 138 Å². The first-order chi connectivity index (χ1) is 31.0. The monoisotopic (exact) mass is 986 g/mol. The number of allylic oxidation sites excluding steroid dienone is 6. The molecular weight excluding hydrogens is 956 g/mol. The molecule has 0 heterocycles. The van der Waals surface area contributed by atoms with Gasteiger partial charge in [-0.25, -0.2) is 0 Å². The minimum atomic E-state index is 0.530. The molecule has 0 saturated heterocycles. The average molecular weight is 991 g/mol. The number of hydrogen-bond donors (Lipinski definition) is 0. The Bertz CT molecular complexity index is 2940. The van der Waals surface area contributed by atoms with Crippen molar-refractivity contribution < 1.29 is 0 Å². The molecule has 314 valence electrons. The number of halogens is 8. The highest BCUT2D eigenvalue weighted by Gasteiger charge is 2.28. The maximum atomic E-state index is 7.04. The molecule has 8 aromatic carbocycles. The molecule has 0 aliphatic carbocycles. The fourth-order valence-corrected chi connectivity index (χ4v) is 9.25. The summed E-state index contributed by atoms with van der Waals surface area (Å²) in [6.45, 7) is 0. The van der Waals surface area contributed by atoms with Crippen LogP contribution in [-0.2, 0) is 0 Å². The van der Waals surface area contributed by atoms with E-state index in [1.807, 2.05) is 170 Å². The van der Waals surface area contributed by atoms with Gasteiger partial charge in [0.25, 0.3) is 0 Å². The van der Waals surface area contributed by atoms with E-state index in [4.69, 9.17) is 92.8 Å². The SMILES string of the molecule is Clc1cccc(/C=C(/C(=C(/C(=C(/C(=C/c2cccc(Cl)c2)c2cccc(Cl)c2)c2cccc(Cl)c2)c2cccc(Cl)c2)c2cccc(Cl)c2)c2cccc(Cl)c2)c2cccc(Cl)c2)c1. The van der Waals surface area contributed by atoms with Crippen molar-refractivity contribution in [2.45, 2.75) is 0 Å². The summed E-state index contributed by atoms with van der Waals surface area (Å²) in [6.07, 6.45) is 4.24. The van der Waals surface area contributed by atoms with Crippen LogP contribution in [0.1, 0.15) is 44.5 Å². The molecule has 0 aliphatic rings. The minimum absolute atomic E-state index is 0.530. The van der Waals surface area contributed by atoms with Crippen molar-refractivity contribution in [3.05, 3.63) is 279 Å². The summed E-state index contributed by atoms with van der Waals surface area (Å²) in [4.78, 5) is 0. The van der Waals surface area contributed by atoms with Crippen molar-refractivity contribution in [2.24, 2.45) is 0 Å². The Labute approximate surface area is 413 Å². The highest BCUT2D eigenvalue weighted by molar-refractivity contribution is 6.39. The van der Waals surface area contributed by atoms with E-state index in [0.717, 1.165) is 77.9 Å². The van der Waals surface area contributed by atoms with Crippen molar-refractivity contribution in [3.8, 4) is 0 Å². The molecule has 0 aliphatic heterocycles. The minimum Gasteiger partial charge on any atom is -0.0843 e. The lowest BCUT2D eigenvalue weighted by atomic mass is 9.76. The van der Waals surface area contributed by atoms with Gasteiger partial charge in [0.05, 0.1) is 0 Å². The third kappa shape index (κ3) is 11.1. The van der Waals surface area contributed by atoms with Crippen LogP contribution in [-0.4, -0.2) is 0 Å². The zero-order chi connectivity index (χ0) is 44.7.